The molecule has 8 heteroatoms. The number of carbonyl (C=O) groups excluding carboxylic acids is 1. The van der Waals surface area contributed by atoms with Crippen molar-refractivity contribution in [3.05, 3.63) is 35.4 Å². The molecule has 1 N–H and O–H groups in total. The Morgan fingerprint density at radius 3 is 2.79 bits per heavy atom. The number of aromatic nitrogens is 3. The number of rotatable bonds is 3. The third-order valence-corrected chi connectivity index (χ3v) is 5.83. The predicted octanol–water partition coefficient (Wildman–Crippen LogP) is 1.10. The zero-order chi connectivity index (χ0) is 18.9. The van der Waals surface area contributed by atoms with Crippen molar-refractivity contribution in [2.24, 2.45) is 0 Å². The Labute approximate surface area is 163 Å². The first kappa shape index (κ1) is 17.5. The molecule has 3 aliphatic rings. The lowest BCUT2D eigenvalue weighted by molar-refractivity contribution is -0.131. The lowest BCUT2D eigenvalue weighted by atomic mass is 9.95. The van der Waals surface area contributed by atoms with Gasteiger partial charge in [0.15, 0.2) is 11.5 Å². The summed E-state index contributed by atoms with van der Waals surface area (Å²) in [5.74, 6) is 4.17. The number of fused-ring (bicyclic) bond motifs is 2. The summed E-state index contributed by atoms with van der Waals surface area (Å²) in [5, 5.41) is 12.1. The van der Waals surface area contributed by atoms with Gasteiger partial charge in [-0.1, -0.05) is 6.07 Å². The molecule has 1 aromatic carbocycles. The summed E-state index contributed by atoms with van der Waals surface area (Å²) in [5.41, 5.74) is 0.968. The Balaban J connectivity index is 1.20. The molecule has 28 heavy (non-hydrogen) atoms. The molecule has 148 valence electrons. The van der Waals surface area contributed by atoms with Gasteiger partial charge in [-0.25, -0.2) is 0 Å². The van der Waals surface area contributed by atoms with Crippen LogP contribution in [-0.2, 0) is 24.3 Å². The molecular weight excluding hydrogens is 358 g/mol. The van der Waals surface area contributed by atoms with Crippen molar-refractivity contribution < 1.29 is 14.3 Å². The van der Waals surface area contributed by atoms with Crippen LogP contribution in [0.3, 0.4) is 0 Å². The van der Waals surface area contributed by atoms with Crippen LogP contribution in [0.2, 0.25) is 0 Å². The minimum Gasteiger partial charge on any atom is -0.486 e. The van der Waals surface area contributed by atoms with Crippen molar-refractivity contribution in [1.82, 2.24) is 25.0 Å². The van der Waals surface area contributed by atoms with E-state index in [0.29, 0.717) is 25.6 Å². The van der Waals surface area contributed by atoms with E-state index in [1.807, 2.05) is 23.1 Å². The van der Waals surface area contributed by atoms with Crippen LogP contribution in [0.1, 0.15) is 36.0 Å². The van der Waals surface area contributed by atoms with Crippen LogP contribution in [0.4, 0.5) is 0 Å². The summed E-state index contributed by atoms with van der Waals surface area (Å²) in [6.07, 6.45) is 2.28. The van der Waals surface area contributed by atoms with Gasteiger partial charge in [0.25, 0.3) is 0 Å². The molecule has 0 aliphatic carbocycles. The standard InChI is InChI=1S/C20H25N5O3/c26-19(12-14-1-2-16-17(11-14)28-10-9-27-16)24-6-3-15(4-7-24)20-23-22-18-13-21-5-8-25(18)20/h1-2,11,15,21H,3-10,12-13H2. The third-order valence-electron chi connectivity index (χ3n) is 5.83. The minimum atomic E-state index is 0.169. The molecular formula is C20H25N5O3. The second-order valence-electron chi connectivity index (χ2n) is 7.61. The highest BCUT2D eigenvalue weighted by Gasteiger charge is 2.28. The average molecular weight is 383 g/mol. The fourth-order valence-electron chi connectivity index (χ4n) is 4.29. The highest BCUT2D eigenvalue weighted by atomic mass is 16.6. The maximum absolute atomic E-state index is 12.8. The van der Waals surface area contributed by atoms with E-state index < -0.39 is 0 Å². The maximum Gasteiger partial charge on any atom is 0.226 e. The zero-order valence-corrected chi connectivity index (χ0v) is 15.9. The van der Waals surface area contributed by atoms with Crippen LogP contribution in [0.5, 0.6) is 11.5 Å². The zero-order valence-electron chi connectivity index (χ0n) is 15.9. The lowest BCUT2D eigenvalue weighted by Gasteiger charge is -2.32. The van der Waals surface area contributed by atoms with E-state index in [1.54, 1.807) is 0 Å². The Morgan fingerprint density at radius 2 is 1.93 bits per heavy atom. The molecule has 5 rings (SSSR count). The third kappa shape index (κ3) is 3.32. The normalized spacial score (nSPS) is 19.4. The van der Waals surface area contributed by atoms with Crippen molar-refractivity contribution >= 4 is 5.91 Å². The molecule has 8 nitrogen and oxygen atoms in total. The van der Waals surface area contributed by atoms with E-state index in [9.17, 15) is 4.79 Å². The van der Waals surface area contributed by atoms with Crippen LogP contribution in [0.25, 0.3) is 0 Å². The fourth-order valence-corrected chi connectivity index (χ4v) is 4.29. The number of ether oxygens (including phenoxy) is 2. The molecule has 0 spiro atoms. The second kappa shape index (κ2) is 7.43. The van der Waals surface area contributed by atoms with Gasteiger partial charge >= 0.3 is 0 Å². The van der Waals surface area contributed by atoms with Crippen LogP contribution < -0.4 is 14.8 Å². The summed E-state index contributed by atoms with van der Waals surface area (Å²) in [7, 11) is 0. The summed E-state index contributed by atoms with van der Waals surface area (Å²) >= 11 is 0. The van der Waals surface area contributed by atoms with Crippen molar-refractivity contribution in [2.45, 2.75) is 38.3 Å². The van der Waals surface area contributed by atoms with Gasteiger partial charge in [0.1, 0.15) is 24.9 Å². The number of amides is 1. The molecule has 0 bridgehead atoms. The molecule has 0 radical (unpaired) electrons. The number of benzene rings is 1. The Hall–Kier alpha value is -2.61. The Kier molecular flexibility index (Phi) is 4.64. The molecule has 4 heterocycles. The SMILES string of the molecule is O=C(Cc1ccc2c(c1)OCCO2)N1CCC(c2nnc3n2CCNC3)CC1. The number of carbonyl (C=O) groups is 1. The van der Waals surface area contributed by atoms with Gasteiger partial charge in [0, 0.05) is 32.1 Å². The molecule has 1 aromatic heterocycles. The number of likely N-dealkylation sites (tertiary alicyclic amines) is 1. The number of nitrogens with zero attached hydrogens (tertiary/aromatic N) is 4. The highest BCUT2D eigenvalue weighted by molar-refractivity contribution is 5.79. The van der Waals surface area contributed by atoms with Crippen LogP contribution >= 0.6 is 0 Å². The number of hydrogen-bond donors (Lipinski definition) is 1. The topological polar surface area (TPSA) is 81.5 Å². The second-order valence-corrected chi connectivity index (χ2v) is 7.61. The molecule has 0 unspecified atom stereocenters. The largest absolute Gasteiger partial charge is 0.486 e. The molecule has 2 aromatic rings. The van der Waals surface area contributed by atoms with Crippen molar-refractivity contribution in [1.29, 1.82) is 0 Å². The first-order valence-electron chi connectivity index (χ1n) is 10.1. The van der Waals surface area contributed by atoms with Gasteiger partial charge in [-0.2, -0.15) is 0 Å². The number of nitrogens with one attached hydrogen (secondary N) is 1. The molecule has 0 atom stereocenters. The van der Waals surface area contributed by atoms with Gasteiger partial charge in [0.05, 0.1) is 13.0 Å². The number of piperidine rings is 1. The van der Waals surface area contributed by atoms with Crippen molar-refractivity contribution in [3.63, 3.8) is 0 Å². The molecule has 3 aliphatic heterocycles. The quantitative estimate of drug-likeness (QED) is 0.855. The smallest absolute Gasteiger partial charge is 0.226 e. The van der Waals surface area contributed by atoms with E-state index in [2.05, 4.69) is 20.1 Å². The van der Waals surface area contributed by atoms with Crippen molar-refractivity contribution in [2.75, 3.05) is 32.8 Å². The molecule has 1 amide bonds. The first-order chi connectivity index (χ1) is 13.8. The molecule has 0 saturated carbocycles. The monoisotopic (exact) mass is 383 g/mol. The van der Waals surface area contributed by atoms with Crippen LogP contribution in [0, 0.1) is 0 Å². The van der Waals surface area contributed by atoms with E-state index in [1.165, 1.54) is 0 Å². The summed E-state index contributed by atoms with van der Waals surface area (Å²) in [6.45, 7) is 5.36. The van der Waals surface area contributed by atoms with Gasteiger partial charge in [-0.15, -0.1) is 10.2 Å². The molecule has 1 fully saturated rings. The average Bonchev–Trinajstić information content (AvgIpc) is 3.18. The maximum atomic E-state index is 12.8. The number of hydrogen-bond acceptors (Lipinski definition) is 6. The summed E-state index contributed by atoms with van der Waals surface area (Å²) in [4.78, 5) is 14.7. The van der Waals surface area contributed by atoms with Gasteiger partial charge in [-0.3, -0.25) is 4.79 Å². The first-order valence-corrected chi connectivity index (χ1v) is 10.1. The lowest BCUT2D eigenvalue weighted by Crippen LogP contribution is -2.39. The van der Waals surface area contributed by atoms with Gasteiger partial charge < -0.3 is 24.3 Å². The Morgan fingerprint density at radius 1 is 1.11 bits per heavy atom. The highest BCUT2D eigenvalue weighted by Crippen LogP contribution is 2.32. The summed E-state index contributed by atoms with van der Waals surface area (Å²) in [6, 6.07) is 5.77. The van der Waals surface area contributed by atoms with E-state index in [4.69, 9.17) is 9.47 Å². The molecule has 1 saturated heterocycles. The van der Waals surface area contributed by atoms with Crippen molar-refractivity contribution in [3.8, 4) is 11.5 Å². The van der Waals surface area contributed by atoms with Crippen LogP contribution in [0.15, 0.2) is 18.2 Å². The predicted molar refractivity (Wildman–Crippen MR) is 101 cm³/mol. The van der Waals surface area contributed by atoms with Gasteiger partial charge in [0.2, 0.25) is 5.91 Å². The van der Waals surface area contributed by atoms with E-state index in [0.717, 1.165) is 74.3 Å². The van der Waals surface area contributed by atoms with E-state index >= 15 is 0 Å². The summed E-state index contributed by atoms with van der Waals surface area (Å²) < 4.78 is 13.4. The van der Waals surface area contributed by atoms with Crippen LogP contribution in [-0.4, -0.2) is 58.4 Å². The minimum absolute atomic E-state index is 0.169. The Bertz CT molecular complexity index is 873. The van der Waals surface area contributed by atoms with E-state index in [-0.39, 0.29) is 5.91 Å². The fraction of sp³-hybridized carbons (Fsp3) is 0.550. The van der Waals surface area contributed by atoms with Gasteiger partial charge in [-0.05, 0) is 30.5 Å².